The first-order chi connectivity index (χ1) is 9.98. The molecule has 1 aromatic carbocycles. The lowest BCUT2D eigenvalue weighted by molar-refractivity contribution is 0.135. The zero-order chi connectivity index (χ0) is 15.0. The quantitative estimate of drug-likeness (QED) is 0.784. The molecule has 0 saturated heterocycles. The number of nitrogens with zero attached hydrogens (tertiary/aromatic N) is 1. The van der Waals surface area contributed by atoms with Crippen LogP contribution in [0, 0.1) is 5.82 Å². The molecule has 0 unspecified atom stereocenters. The minimum Gasteiger partial charge on any atom is -0.483 e. The molecule has 0 spiro atoms. The monoisotopic (exact) mass is 307 g/mol. The van der Waals surface area contributed by atoms with Crippen LogP contribution >= 0.6 is 11.6 Å². The van der Waals surface area contributed by atoms with Crippen LogP contribution in [0.4, 0.5) is 4.39 Å². The highest BCUT2D eigenvalue weighted by atomic mass is 35.5. The van der Waals surface area contributed by atoms with Crippen LogP contribution in [-0.4, -0.2) is 10.6 Å². The molecular weight excluding hydrogens is 293 g/mol. The van der Waals surface area contributed by atoms with Gasteiger partial charge in [-0.3, -0.25) is 0 Å². The normalized spacial score (nSPS) is 15.4. The fourth-order valence-electron chi connectivity index (χ4n) is 2.43. The standard InChI is InChI=1S/C16H15ClFNO2/c1-16(2)7-10-4-3-5-13(14(10)21-16)20-15-11(8-17)6-12(18)9-19-15/h3-6,9H,7-8H2,1-2H3. The van der Waals surface area contributed by atoms with E-state index in [-0.39, 0.29) is 11.5 Å². The Kier molecular flexibility index (Phi) is 3.49. The van der Waals surface area contributed by atoms with Crippen molar-refractivity contribution in [1.82, 2.24) is 4.98 Å². The number of halogens is 2. The Labute approximate surface area is 127 Å². The van der Waals surface area contributed by atoms with E-state index in [0.717, 1.165) is 18.2 Å². The average molecular weight is 308 g/mol. The van der Waals surface area contributed by atoms with E-state index < -0.39 is 5.82 Å². The van der Waals surface area contributed by atoms with Crippen LogP contribution in [0.2, 0.25) is 0 Å². The van der Waals surface area contributed by atoms with Gasteiger partial charge >= 0.3 is 0 Å². The summed E-state index contributed by atoms with van der Waals surface area (Å²) in [5.41, 5.74) is 1.34. The topological polar surface area (TPSA) is 31.4 Å². The fraction of sp³-hybridized carbons (Fsp3) is 0.312. The van der Waals surface area contributed by atoms with Crippen molar-refractivity contribution in [3.8, 4) is 17.4 Å². The number of hydrogen-bond donors (Lipinski definition) is 0. The first-order valence-electron chi connectivity index (χ1n) is 6.68. The van der Waals surface area contributed by atoms with E-state index in [1.165, 1.54) is 6.07 Å². The molecule has 0 aliphatic carbocycles. The third-order valence-corrected chi connectivity index (χ3v) is 3.59. The van der Waals surface area contributed by atoms with Crippen LogP contribution in [-0.2, 0) is 12.3 Å². The van der Waals surface area contributed by atoms with Gasteiger partial charge in [0.2, 0.25) is 5.88 Å². The Morgan fingerprint density at radius 1 is 1.43 bits per heavy atom. The summed E-state index contributed by atoms with van der Waals surface area (Å²) in [4.78, 5) is 3.97. The van der Waals surface area contributed by atoms with E-state index >= 15 is 0 Å². The number of alkyl halides is 1. The number of aromatic nitrogens is 1. The fourth-order valence-corrected chi connectivity index (χ4v) is 2.62. The number of hydrogen-bond acceptors (Lipinski definition) is 3. The van der Waals surface area contributed by atoms with Gasteiger partial charge in [0.25, 0.3) is 0 Å². The molecule has 2 heterocycles. The minimum atomic E-state index is -0.436. The highest BCUT2D eigenvalue weighted by molar-refractivity contribution is 6.17. The van der Waals surface area contributed by atoms with Crippen LogP contribution in [0.15, 0.2) is 30.5 Å². The van der Waals surface area contributed by atoms with Gasteiger partial charge in [-0.25, -0.2) is 9.37 Å². The van der Waals surface area contributed by atoms with E-state index in [0.29, 0.717) is 22.9 Å². The summed E-state index contributed by atoms with van der Waals surface area (Å²) in [6.45, 7) is 4.05. The minimum absolute atomic E-state index is 0.126. The summed E-state index contributed by atoms with van der Waals surface area (Å²) in [5, 5.41) is 0. The molecule has 3 rings (SSSR count). The average Bonchev–Trinajstić information content (AvgIpc) is 2.75. The molecule has 0 fully saturated rings. The summed E-state index contributed by atoms with van der Waals surface area (Å²) in [7, 11) is 0. The molecule has 0 atom stereocenters. The predicted octanol–water partition coefficient (Wildman–Crippen LogP) is 4.47. The van der Waals surface area contributed by atoms with Crippen molar-refractivity contribution in [3.05, 3.63) is 47.4 Å². The van der Waals surface area contributed by atoms with Gasteiger partial charge in [-0.2, -0.15) is 0 Å². The highest BCUT2D eigenvalue weighted by Gasteiger charge is 2.32. The second-order valence-corrected chi connectivity index (χ2v) is 5.90. The Bertz CT molecular complexity index is 688. The Morgan fingerprint density at radius 3 is 3.00 bits per heavy atom. The maximum absolute atomic E-state index is 13.2. The van der Waals surface area contributed by atoms with E-state index in [2.05, 4.69) is 4.98 Å². The summed E-state index contributed by atoms with van der Waals surface area (Å²) >= 11 is 5.81. The highest BCUT2D eigenvalue weighted by Crippen LogP contribution is 2.43. The lowest BCUT2D eigenvalue weighted by Crippen LogP contribution is -2.24. The van der Waals surface area contributed by atoms with Gasteiger partial charge in [0.1, 0.15) is 11.4 Å². The van der Waals surface area contributed by atoms with Gasteiger partial charge in [-0.1, -0.05) is 12.1 Å². The van der Waals surface area contributed by atoms with E-state index in [1.807, 2.05) is 32.0 Å². The molecule has 0 amide bonds. The maximum Gasteiger partial charge on any atom is 0.224 e. The number of ether oxygens (including phenoxy) is 2. The largest absolute Gasteiger partial charge is 0.483 e. The van der Waals surface area contributed by atoms with Crippen molar-refractivity contribution in [1.29, 1.82) is 0 Å². The lowest BCUT2D eigenvalue weighted by Gasteiger charge is -2.18. The predicted molar refractivity (Wildman–Crippen MR) is 78.7 cm³/mol. The second-order valence-electron chi connectivity index (χ2n) is 5.64. The van der Waals surface area contributed by atoms with Crippen LogP contribution < -0.4 is 9.47 Å². The van der Waals surface area contributed by atoms with Gasteiger partial charge in [0, 0.05) is 17.5 Å². The second kappa shape index (κ2) is 5.19. The Balaban J connectivity index is 1.96. The smallest absolute Gasteiger partial charge is 0.224 e. The molecule has 1 aromatic heterocycles. The third-order valence-electron chi connectivity index (χ3n) is 3.30. The first kappa shape index (κ1) is 14.1. The van der Waals surface area contributed by atoms with Crippen molar-refractivity contribution in [2.75, 3.05) is 0 Å². The molecule has 0 radical (unpaired) electrons. The summed E-state index contributed by atoms with van der Waals surface area (Å²) in [6.07, 6.45) is 1.93. The van der Waals surface area contributed by atoms with Gasteiger partial charge in [0.05, 0.1) is 12.1 Å². The van der Waals surface area contributed by atoms with E-state index in [1.54, 1.807) is 0 Å². The van der Waals surface area contributed by atoms with Gasteiger partial charge in [-0.15, -0.1) is 11.6 Å². The molecule has 2 aromatic rings. The zero-order valence-electron chi connectivity index (χ0n) is 11.8. The van der Waals surface area contributed by atoms with Crippen molar-refractivity contribution in [2.24, 2.45) is 0 Å². The Hall–Kier alpha value is -1.81. The molecule has 0 N–H and O–H groups in total. The molecule has 1 aliphatic rings. The SMILES string of the molecule is CC1(C)Cc2cccc(Oc3ncc(F)cc3CCl)c2O1. The van der Waals surface area contributed by atoms with Crippen molar-refractivity contribution >= 4 is 11.6 Å². The first-order valence-corrected chi connectivity index (χ1v) is 7.21. The maximum atomic E-state index is 13.2. The van der Waals surface area contributed by atoms with Crippen LogP contribution in [0.5, 0.6) is 17.4 Å². The number of pyridine rings is 1. The number of para-hydroxylation sites is 1. The lowest BCUT2D eigenvalue weighted by atomic mass is 10.0. The molecule has 0 bridgehead atoms. The molecule has 5 heteroatoms. The van der Waals surface area contributed by atoms with Crippen molar-refractivity contribution in [3.63, 3.8) is 0 Å². The molecule has 110 valence electrons. The van der Waals surface area contributed by atoms with Crippen LogP contribution in [0.1, 0.15) is 25.0 Å². The van der Waals surface area contributed by atoms with Crippen molar-refractivity contribution < 1.29 is 13.9 Å². The molecule has 0 saturated carbocycles. The van der Waals surface area contributed by atoms with Gasteiger partial charge in [0.15, 0.2) is 11.5 Å². The Morgan fingerprint density at radius 2 is 2.24 bits per heavy atom. The number of rotatable bonds is 3. The molecular formula is C16H15ClFNO2. The number of fused-ring (bicyclic) bond motifs is 1. The zero-order valence-corrected chi connectivity index (χ0v) is 12.6. The van der Waals surface area contributed by atoms with E-state index in [4.69, 9.17) is 21.1 Å². The van der Waals surface area contributed by atoms with Gasteiger partial charge in [-0.05, 0) is 26.0 Å². The molecule has 3 nitrogen and oxygen atoms in total. The van der Waals surface area contributed by atoms with E-state index in [9.17, 15) is 4.39 Å². The van der Waals surface area contributed by atoms with Crippen molar-refractivity contribution in [2.45, 2.75) is 31.7 Å². The summed E-state index contributed by atoms with van der Waals surface area (Å²) < 4.78 is 24.9. The molecule has 21 heavy (non-hydrogen) atoms. The molecule has 1 aliphatic heterocycles. The van der Waals surface area contributed by atoms with Gasteiger partial charge < -0.3 is 9.47 Å². The van der Waals surface area contributed by atoms with Crippen LogP contribution in [0.25, 0.3) is 0 Å². The number of benzene rings is 1. The summed E-state index contributed by atoms with van der Waals surface area (Å²) in [5.74, 6) is 1.28. The summed E-state index contributed by atoms with van der Waals surface area (Å²) in [6, 6.07) is 7.05. The third kappa shape index (κ3) is 2.81. The van der Waals surface area contributed by atoms with Crippen LogP contribution in [0.3, 0.4) is 0 Å².